The van der Waals surface area contributed by atoms with Crippen molar-refractivity contribution >= 4 is 40.3 Å². The average Bonchev–Trinajstić information content (AvgIpc) is 3.52. The van der Waals surface area contributed by atoms with E-state index in [1.165, 1.54) is 11.8 Å². The van der Waals surface area contributed by atoms with Crippen LogP contribution in [0.3, 0.4) is 0 Å². The van der Waals surface area contributed by atoms with E-state index in [0.717, 1.165) is 49.7 Å². The lowest BCUT2D eigenvalue weighted by atomic mass is 10.2. The van der Waals surface area contributed by atoms with Crippen molar-refractivity contribution in [3.05, 3.63) is 60.2 Å². The van der Waals surface area contributed by atoms with Crippen molar-refractivity contribution in [2.45, 2.75) is 37.4 Å². The van der Waals surface area contributed by atoms with Crippen LogP contribution in [0.4, 0.5) is 5.69 Å². The molecule has 2 aromatic rings. The molecule has 0 saturated carbocycles. The highest BCUT2D eigenvalue weighted by molar-refractivity contribution is 8.15. The van der Waals surface area contributed by atoms with Crippen LogP contribution in [-0.2, 0) is 9.59 Å². The summed E-state index contributed by atoms with van der Waals surface area (Å²) in [6, 6.07) is 16.4. The van der Waals surface area contributed by atoms with E-state index in [0.29, 0.717) is 24.4 Å². The van der Waals surface area contributed by atoms with Crippen LogP contribution >= 0.6 is 11.8 Å². The number of likely N-dealkylation sites (tertiary alicyclic amines) is 1. The van der Waals surface area contributed by atoms with Gasteiger partial charge in [0.25, 0.3) is 11.8 Å². The molecular formula is C26H30N4O4S. The van der Waals surface area contributed by atoms with Gasteiger partial charge in [-0.05, 0) is 62.1 Å². The number of amides is 3. The summed E-state index contributed by atoms with van der Waals surface area (Å²) in [4.78, 5) is 43.2. The number of aliphatic imine (C=N–C) groups is 1. The zero-order chi connectivity index (χ0) is 24.5. The topological polar surface area (TPSA) is 100 Å². The fraction of sp³-hybridized carbons (Fsp3) is 0.385. The lowest BCUT2D eigenvalue weighted by molar-refractivity contribution is -0.121. The van der Waals surface area contributed by atoms with Gasteiger partial charge < -0.3 is 20.3 Å². The largest absolute Gasteiger partial charge is 0.494 e. The van der Waals surface area contributed by atoms with Gasteiger partial charge in [-0.1, -0.05) is 30.0 Å². The van der Waals surface area contributed by atoms with Crippen molar-refractivity contribution in [2.24, 2.45) is 4.99 Å². The molecule has 184 valence electrons. The molecular weight excluding hydrogens is 464 g/mol. The van der Waals surface area contributed by atoms with Gasteiger partial charge >= 0.3 is 0 Å². The quantitative estimate of drug-likeness (QED) is 0.489. The maximum absolute atomic E-state index is 12.4. The number of anilines is 1. The van der Waals surface area contributed by atoms with Gasteiger partial charge in [0.05, 0.1) is 6.61 Å². The number of nitrogens with one attached hydrogen (secondary N) is 2. The first kappa shape index (κ1) is 24.8. The minimum Gasteiger partial charge on any atom is -0.494 e. The third kappa shape index (κ3) is 7.32. The Kier molecular flexibility index (Phi) is 8.78. The van der Waals surface area contributed by atoms with E-state index < -0.39 is 5.25 Å². The highest BCUT2D eigenvalue weighted by Gasteiger charge is 2.33. The summed E-state index contributed by atoms with van der Waals surface area (Å²) in [5.41, 5.74) is 1.11. The fourth-order valence-electron chi connectivity index (χ4n) is 3.88. The summed E-state index contributed by atoms with van der Waals surface area (Å²) in [7, 11) is 0. The molecule has 8 nitrogen and oxygen atoms in total. The molecule has 2 N–H and O–H groups in total. The highest BCUT2D eigenvalue weighted by Crippen LogP contribution is 2.29. The van der Waals surface area contributed by atoms with Crippen LogP contribution in [0.1, 0.15) is 42.5 Å². The maximum atomic E-state index is 12.4. The van der Waals surface area contributed by atoms with Crippen LogP contribution in [0.2, 0.25) is 0 Å². The van der Waals surface area contributed by atoms with Gasteiger partial charge in [-0.3, -0.25) is 14.4 Å². The summed E-state index contributed by atoms with van der Waals surface area (Å²) in [5, 5.41) is 5.97. The van der Waals surface area contributed by atoms with E-state index in [-0.39, 0.29) is 24.1 Å². The molecule has 2 aliphatic rings. The normalized spacial score (nSPS) is 17.3. The van der Waals surface area contributed by atoms with Crippen LogP contribution < -0.4 is 15.4 Å². The second kappa shape index (κ2) is 12.4. The molecule has 3 amide bonds. The molecule has 0 aliphatic carbocycles. The third-order valence-corrected chi connectivity index (χ3v) is 6.99. The lowest BCUT2D eigenvalue weighted by Gasteiger charge is -2.16. The number of carbonyl (C=O) groups excluding carboxylic acids is 3. The van der Waals surface area contributed by atoms with E-state index >= 15 is 0 Å². The number of amidine groups is 1. The number of ether oxygens (including phenoxy) is 1. The molecule has 35 heavy (non-hydrogen) atoms. The Hall–Kier alpha value is -3.33. The lowest BCUT2D eigenvalue weighted by Crippen LogP contribution is -2.25. The van der Waals surface area contributed by atoms with Crippen molar-refractivity contribution in [2.75, 3.05) is 31.6 Å². The molecule has 1 unspecified atom stereocenters. The Morgan fingerprint density at radius 1 is 1.03 bits per heavy atom. The summed E-state index contributed by atoms with van der Waals surface area (Å²) >= 11 is 1.38. The number of hydrogen-bond acceptors (Lipinski definition) is 6. The van der Waals surface area contributed by atoms with Crippen molar-refractivity contribution in [1.29, 1.82) is 0 Å². The minimum atomic E-state index is -0.478. The number of unbranched alkanes of at least 4 members (excludes halogenated alkanes) is 1. The average molecular weight is 495 g/mol. The molecule has 1 saturated heterocycles. The number of benzene rings is 2. The standard InChI is InChI=1S/C26H30N4O4S/c31-23(18-22-25(33)29-26(35-22)30-15-5-6-16-30)28-20-12-10-19(11-13-20)24(32)27-14-4-7-17-34-21-8-2-1-3-9-21/h1-3,8-13,22H,4-7,14-18H2,(H,27,32)(H,28,31). The Balaban J connectivity index is 1.13. The second-order valence-electron chi connectivity index (χ2n) is 8.49. The maximum Gasteiger partial charge on any atom is 0.262 e. The molecule has 4 rings (SSSR count). The summed E-state index contributed by atoms with van der Waals surface area (Å²) < 4.78 is 5.64. The molecule has 9 heteroatoms. The molecule has 2 heterocycles. The van der Waals surface area contributed by atoms with Gasteiger partial charge in [0.2, 0.25) is 5.91 Å². The van der Waals surface area contributed by atoms with Crippen LogP contribution in [-0.4, -0.2) is 59.3 Å². The van der Waals surface area contributed by atoms with Crippen molar-refractivity contribution in [3.8, 4) is 5.75 Å². The van der Waals surface area contributed by atoms with Crippen LogP contribution in [0.25, 0.3) is 0 Å². The summed E-state index contributed by atoms with van der Waals surface area (Å²) in [5.74, 6) is 0.193. The molecule has 2 aromatic carbocycles. The Labute approximate surface area is 209 Å². The number of rotatable bonds is 10. The highest BCUT2D eigenvalue weighted by atomic mass is 32.2. The minimum absolute atomic E-state index is 0.0700. The van der Waals surface area contributed by atoms with Crippen LogP contribution in [0.5, 0.6) is 5.75 Å². The van der Waals surface area contributed by atoms with E-state index in [1.807, 2.05) is 30.3 Å². The molecule has 0 radical (unpaired) electrons. The van der Waals surface area contributed by atoms with E-state index in [2.05, 4.69) is 20.5 Å². The van der Waals surface area contributed by atoms with Gasteiger partial charge in [0.15, 0.2) is 5.17 Å². The number of hydrogen-bond donors (Lipinski definition) is 2. The summed E-state index contributed by atoms with van der Waals surface area (Å²) in [6.45, 7) is 3.00. The third-order valence-electron chi connectivity index (χ3n) is 5.78. The van der Waals surface area contributed by atoms with Gasteiger partial charge in [-0.25, -0.2) is 0 Å². The predicted molar refractivity (Wildman–Crippen MR) is 138 cm³/mol. The first-order chi connectivity index (χ1) is 17.1. The molecule has 0 bridgehead atoms. The van der Waals surface area contributed by atoms with Crippen molar-refractivity contribution in [1.82, 2.24) is 10.2 Å². The Bertz CT molecular complexity index is 1050. The zero-order valence-electron chi connectivity index (χ0n) is 19.6. The monoisotopic (exact) mass is 494 g/mol. The molecule has 0 aromatic heterocycles. The van der Waals surface area contributed by atoms with E-state index in [4.69, 9.17) is 4.74 Å². The number of carbonyl (C=O) groups is 3. The van der Waals surface area contributed by atoms with E-state index in [9.17, 15) is 14.4 Å². The van der Waals surface area contributed by atoms with Crippen LogP contribution in [0, 0.1) is 0 Å². The molecule has 1 fully saturated rings. The van der Waals surface area contributed by atoms with Gasteiger partial charge in [0.1, 0.15) is 11.0 Å². The Morgan fingerprint density at radius 2 is 1.77 bits per heavy atom. The predicted octanol–water partition coefficient (Wildman–Crippen LogP) is 3.70. The van der Waals surface area contributed by atoms with E-state index in [1.54, 1.807) is 24.3 Å². The Morgan fingerprint density at radius 3 is 2.51 bits per heavy atom. The number of thioether (sulfide) groups is 1. The van der Waals surface area contributed by atoms with Crippen molar-refractivity contribution < 1.29 is 19.1 Å². The molecule has 1 atom stereocenters. The fourth-order valence-corrected chi connectivity index (χ4v) is 4.99. The molecule has 2 aliphatic heterocycles. The summed E-state index contributed by atoms with van der Waals surface area (Å²) in [6.07, 6.45) is 3.94. The first-order valence-corrected chi connectivity index (χ1v) is 12.9. The molecule has 0 spiro atoms. The smallest absolute Gasteiger partial charge is 0.262 e. The number of para-hydroxylation sites is 1. The first-order valence-electron chi connectivity index (χ1n) is 12.0. The SMILES string of the molecule is O=C(CC1SC(N2CCCC2)=NC1=O)Nc1ccc(C(=O)NCCCCOc2ccccc2)cc1. The second-order valence-corrected chi connectivity index (χ2v) is 9.66. The van der Waals surface area contributed by atoms with Gasteiger partial charge in [-0.2, -0.15) is 4.99 Å². The van der Waals surface area contributed by atoms with Gasteiger partial charge in [-0.15, -0.1) is 0 Å². The van der Waals surface area contributed by atoms with Gasteiger partial charge in [0, 0.05) is 37.3 Å². The van der Waals surface area contributed by atoms with Crippen molar-refractivity contribution in [3.63, 3.8) is 0 Å². The van der Waals surface area contributed by atoms with Crippen LogP contribution in [0.15, 0.2) is 59.6 Å². The zero-order valence-corrected chi connectivity index (χ0v) is 20.4. The number of nitrogens with zero attached hydrogens (tertiary/aromatic N) is 2.